The van der Waals surface area contributed by atoms with Crippen LogP contribution in [0.25, 0.3) is 10.6 Å². The van der Waals surface area contributed by atoms with Crippen LogP contribution < -0.4 is 4.74 Å². The maximum Gasteiger partial charge on any atom is 0.317 e. The van der Waals surface area contributed by atoms with Gasteiger partial charge < -0.3 is 4.74 Å². The van der Waals surface area contributed by atoms with E-state index in [0.717, 1.165) is 17.0 Å². The molecule has 0 N–H and O–H groups in total. The van der Waals surface area contributed by atoms with Crippen LogP contribution in [-0.4, -0.2) is 15.9 Å². The number of aromatic nitrogens is 2. The Kier molecular flexibility index (Phi) is 5.37. The Morgan fingerprint density at radius 3 is 2.75 bits per heavy atom. The Labute approximate surface area is 152 Å². The van der Waals surface area contributed by atoms with Crippen LogP contribution in [0.2, 0.25) is 0 Å². The molecule has 0 bridgehead atoms. The van der Waals surface area contributed by atoms with Gasteiger partial charge in [0.1, 0.15) is 9.61 Å². The number of rotatable bonds is 5. The third-order valence-corrected chi connectivity index (χ3v) is 4.97. The third kappa shape index (κ3) is 4.07. The van der Waals surface area contributed by atoms with Crippen molar-refractivity contribution in [2.75, 3.05) is 0 Å². The minimum atomic E-state index is -0.359. The van der Waals surface area contributed by atoms with Gasteiger partial charge in [-0.2, -0.15) is 0 Å². The minimum Gasteiger partial charge on any atom is -0.423 e. The zero-order valence-corrected chi connectivity index (χ0v) is 15.4. The number of pyridine rings is 1. The molecule has 0 aliphatic heterocycles. The predicted octanol–water partition coefficient (Wildman–Crippen LogP) is 4.68. The molecular weight excluding hydrogens is 388 g/mol. The van der Waals surface area contributed by atoms with Gasteiger partial charge in [-0.1, -0.05) is 31.2 Å². The molecule has 0 atom stereocenters. The molecule has 0 fully saturated rings. The molecule has 2 aromatic heterocycles. The SMILES string of the molecule is CCc1ccc(-c2nc(CC(=O)Oc3cccnc3Br)cs2)cc1. The fourth-order valence-electron chi connectivity index (χ4n) is 2.16. The summed E-state index contributed by atoms with van der Waals surface area (Å²) >= 11 is 4.78. The van der Waals surface area contributed by atoms with Crippen molar-refractivity contribution in [3.8, 4) is 16.3 Å². The lowest BCUT2D eigenvalue weighted by atomic mass is 10.1. The highest BCUT2D eigenvalue weighted by atomic mass is 79.9. The lowest BCUT2D eigenvalue weighted by molar-refractivity contribution is -0.133. The second-order valence-electron chi connectivity index (χ2n) is 5.14. The van der Waals surface area contributed by atoms with E-state index >= 15 is 0 Å². The zero-order valence-electron chi connectivity index (χ0n) is 13.0. The number of esters is 1. The number of carbonyl (C=O) groups is 1. The van der Waals surface area contributed by atoms with E-state index in [4.69, 9.17) is 4.74 Å². The summed E-state index contributed by atoms with van der Waals surface area (Å²) in [7, 11) is 0. The Bertz CT molecular complexity index is 846. The summed E-state index contributed by atoms with van der Waals surface area (Å²) in [5.41, 5.74) is 3.06. The normalized spacial score (nSPS) is 10.6. The average Bonchev–Trinajstić information content (AvgIpc) is 3.05. The van der Waals surface area contributed by atoms with Crippen LogP contribution in [0.4, 0.5) is 0 Å². The van der Waals surface area contributed by atoms with Gasteiger partial charge in [0.15, 0.2) is 5.75 Å². The third-order valence-electron chi connectivity index (χ3n) is 3.43. The topological polar surface area (TPSA) is 52.1 Å². The first-order chi connectivity index (χ1) is 11.7. The number of aryl methyl sites for hydroxylation is 1. The maximum absolute atomic E-state index is 12.1. The van der Waals surface area contributed by atoms with Gasteiger partial charge in [0, 0.05) is 17.1 Å². The van der Waals surface area contributed by atoms with Crippen molar-refractivity contribution in [1.29, 1.82) is 0 Å². The molecular formula is C18H15BrN2O2S. The largest absolute Gasteiger partial charge is 0.423 e. The fourth-order valence-corrected chi connectivity index (χ4v) is 3.31. The summed E-state index contributed by atoms with van der Waals surface area (Å²) in [5, 5.41) is 2.80. The molecule has 122 valence electrons. The predicted molar refractivity (Wildman–Crippen MR) is 98.2 cm³/mol. The number of nitrogens with zero attached hydrogens (tertiary/aromatic N) is 2. The van der Waals surface area contributed by atoms with Gasteiger partial charge in [0.25, 0.3) is 0 Å². The molecule has 0 unspecified atom stereocenters. The molecule has 2 heterocycles. The standard InChI is InChI=1S/C18H15BrN2O2S/c1-2-12-5-7-13(8-6-12)18-21-14(11-24-18)10-16(22)23-15-4-3-9-20-17(15)19/h3-9,11H,2,10H2,1H3. The van der Waals surface area contributed by atoms with E-state index in [9.17, 15) is 4.79 Å². The van der Waals surface area contributed by atoms with Crippen molar-refractivity contribution < 1.29 is 9.53 Å². The molecule has 0 saturated carbocycles. The molecule has 0 radical (unpaired) electrons. The quantitative estimate of drug-likeness (QED) is 0.459. The van der Waals surface area contributed by atoms with Crippen molar-refractivity contribution in [1.82, 2.24) is 9.97 Å². The van der Waals surface area contributed by atoms with Gasteiger partial charge in [-0.3, -0.25) is 4.79 Å². The summed E-state index contributed by atoms with van der Waals surface area (Å²) in [6.45, 7) is 2.13. The summed E-state index contributed by atoms with van der Waals surface area (Å²) in [5.74, 6) is 0.0509. The lowest BCUT2D eigenvalue weighted by Crippen LogP contribution is -2.12. The highest BCUT2D eigenvalue weighted by molar-refractivity contribution is 9.10. The first-order valence-electron chi connectivity index (χ1n) is 7.50. The molecule has 3 aromatic rings. The molecule has 6 heteroatoms. The van der Waals surface area contributed by atoms with Crippen molar-refractivity contribution in [2.45, 2.75) is 19.8 Å². The van der Waals surface area contributed by atoms with Crippen LogP contribution in [0, 0.1) is 0 Å². The summed E-state index contributed by atoms with van der Waals surface area (Å²) < 4.78 is 5.82. The fraction of sp³-hybridized carbons (Fsp3) is 0.167. The molecule has 0 aliphatic carbocycles. The van der Waals surface area contributed by atoms with Gasteiger partial charge >= 0.3 is 5.97 Å². The number of benzene rings is 1. The van der Waals surface area contributed by atoms with Crippen LogP contribution in [0.15, 0.2) is 52.6 Å². The van der Waals surface area contributed by atoms with E-state index in [-0.39, 0.29) is 12.4 Å². The molecule has 0 saturated heterocycles. The molecule has 24 heavy (non-hydrogen) atoms. The van der Waals surface area contributed by atoms with Crippen LogP contribution in [0.1, 0.15) is 18.2 Å². The Hall–Kier alpha value is -2.05. The first-order valence-corrected chi connectivity index (χ1v) is 9.18. The number of thiazole rings is 1. The minimum absolute atomic E-state index is 0.130. The van der Waals surface area contributed by atoms with E-state index in [1.54, 1.807) is 18.3 Å². The van der Waals surface area contributed by atoms with Gasteiger partial charge in [-0.05, 0) is 40.0 Å². The molecule has 1 aromatic carbocycles. The van der Waals surface area contributed by atoms with E-state index in [1.165, 1.54) is 16.9 Å². The Morgan fingerprint density at radius 1 is 1.25 bits per heavy atom. The Balaban J connectivity index is 1.67. The number of ether oxygens (including phenoxy) is 1. The number of hydrogen-bond donors (Lipinski definition) is 0. The van der Waals surface area contributed by atoms with Crippen LogP contribution in [-0.2, 0) is 17.6 Å². The summed E-state index contributed by atoms with van der Waals surface area (Å²) in [6.07, 6.45) is 2.77. The smallest absolute Gasteiger partial charge is 0.317 e. The van der Waals surface area contributed by atoms with Gasteiger partial charge in [-0.15, -0.1) is 11.3 Å². The monoisotopic (exact) mass is 402 g/mol. The van der Waals surface area contributed by atoms with E-state index in [1.807, 2.05) is 5.38 Å². The van der Waals surface area contributed by atoms with Crippen molar-refractivity contribution in [3.63, 3.8) is 0 Å². The van der Waals surface area contributed by atoms with Crippen LogP contribution >= 0.6 is 27.3 Å². The van der Waals surface area contributed by atoms with Crippen LogP contribution in [0.3, 0.4) is 0 Å². The van der Waals surface area contributed by atoms with Gasteiger partial charge in [0.2, 0.25) is 0 Å². The number of hydrogen-bond acceptors (Lipinski definition) is 5. The maximum atomic E-state index is 12.1. The highest BCUT2D eigenvalue weighted by Gasteiger charge is 2.12. The van der Waals surface area contributed by atoms with Gasteiger partial charge in [-0.25, -0.2) is 9.97 Å². The Morgan fingerprint density at radius 2 is 2.04 bits per heavy atom. The van der Waals surface area contributed by atoms with Crippen molar-refractivity contribution >= 4 is 33.2 Å². The van der Waals surface area contributed by atoms with Crippen molar-refractivity contribution in [3.05, 3.63) is 63.8 Å². The second kappa shape index (κ2) is 7.68. The first kappa shape index (κ1) is 16.8. The molecule has 4 nitrogen and oxygen atoms in total. The van der Waals surface area contributed by atoms with Gasteiger partial charge in [0.05, 0.1) is 12.1 Å². The second-order valence-corrected chi connectivity index (χ2v) is 6.75. The lowest BCUT2D eigenvalue weighted by Gasteiger charge is -2.04. The zero-order chi connectivity index (χ0) is 16.9. The molecule has 0 amide bonds. The number of halogens is 1. The average molecular weight is 403 g/mol. The van der Waals surface area contributed by atoms with Crippen molar-refractivity contribution in [2.24, 2.45) is 0 Å². The van der Waals surface area contributed by atoms with E-state index in [0.29, 0.717) is 16.0 Å². The highest BCUT2D eigenvalue weighted by Crippen LogP contribution is 2.25. The van der Waals surface area contributed by atoms with E-state index < -0.39 is 0 Å². The molecule has 0 aliphatic rings. The summed E-state index contributed by atoms with van der Waals surface area (Å²) in [4.78, 5) is 20.6. The number of carbonyl (C=O) groups excluding carboxylic acids is 1. The van der Waals surface area contributed by atoms with Crippen LogP contribution in [0.5, 0.6) is 5.75 Å². The molecule has 0 spiro atoms. The summed E-state index contributed by atoms with van der Waals surface area (Å²) in [6, 6.07) is 11.7. The molecule has 3 rings (SSSR count). The van der Waals surface area contributed by atoms with E-state index in [2.05, 4.69) is 57.1 Å².